The van der Waals surface area contributed by atoms with Crippen molar-refractivity contribution in [2.75, 3.05) is 6.61 Å². The van der Waals surface area contributed by atoms with Crippen LogP contribution in [-0.4, -0.2) is 17.8 Å². The van der Waals surface area contributed by atoms with Crippen LogP contribution in [-0.2, 0) is 6.54 Å². The van der Waals surface area contributed by atoms with Crippen LogP contribution in [0.3, 0.4) is 0 Å². The van der Waals surface area contributed by atoms with Gasteiger partial charge in [-0.2, -0.15) is 0 Å². The van der Waals surface area contributed by atoms with E-state index in [0.29, 0.717) is 6.04 Å². The molecule has 1 rings (SSSR count). The average molecular weight is 307 g/mol. The number of rotatable bonds is 6. The van der Waals surface area contributed by atoms with Gasteiger partial charge in [0.25, 0.3) is 0 Å². The highest BCUT2D eigenvalue weighted by molar-refractivity contribution is 9.10. The predicted molar refractivity (Wildman–Crippen MR) is 71.8 cm³/mol. The highest BCUT2D eigenvalue weighted by atomic mass is 79.9. The molecular formula is C12H17BrClNO. The molecule has 2 N–H and O–H groups in total. The van der Waals surface area contributed by atoms with Crippen molar-refractivity contribution in [2.45, 2.75) is 32.4 Å². The molecule has 0 spiro atoms. The van der Waals surface area contributed by atoms with Crippen molar-refractivity contribution in [3.8, 4) is 0 Å². The summed E-state index contributed by atoms with van der Waals surface area (Å²) in [4.78, 5) is 0. The van der Waals surface area contributed by atoms with E-state index in [1.807, 2.05) is 18.2 Å². The van der Waals surface area contributed by atoms with Crippen LogP contribution in [0.4, 0.5) is 0 Å². The van der Waals surface area contributed by atoms with E-state index in [4.69, 9.17) is 16.7 Å². The average Bonchev–Trinajstić information content (AvgIpc) is 2.27. The van der Waals surface area contributed by atoms with Crippen molar-refractivity contribution in [1.82, 2.24) is 5.32 Å². The molecule has 0 aliphatic carbocycles. The van der Waals surface area contributed by atoms with E-state index in [1.54, 1.807) is 0 Å². The van der Waals surface area contributed by atoms with Gasteiger partial charge in [0.1, 0.15) is 0 Å². The zero-order valence-corrected chi connectivity index (χ0v) is 11.7. The quantitative estimate of drug-likeness (QED) is 0.845. The second-order valence-corrected chi connectivity index (χ2v) is 5.21. The molecule has 90 valence electrons. The fraction of sp³-hybridized carbons (Fsp3) is 0.500. The van der Waals surface area contributed by atoms with Crippen LogP contribution in [0.5, 0.6) is 0 Å². The Hall–Kier alpha value is -0.0900. The van der Waals surface area contributed by atoms with Crippen molar-refractivity contribution in [1.29, 1.82) is 0 Å². The number of hydrogen-bond acceptors (Lipinski definition) is 2. The smallest absolute Gasteiger partial charge is 0.0451 e. The minimum atomic E-state index is 0.254. The first-order valence-corrected chi connectivity index (χ1v) is 6.58. The summed E-state index contributed by atoms with van der Waals surface area (Å²) in [6, 6.07) is 6.23. The van der Waals surface area contributed by atoms with Crippen molar-refractivity contribution in [2.24, 2.45) is 0 Å². The molecule has 16 heavy (non-hydrogen) atoms. The van der Waals surface area contributed by atoms with E-state index >= 15 is 0 Å². The maximum Gasteiger partial charge on any atom is 0.0451 e. The number of aliphatic hydroxyl groups excluding tert-OH is 1. The fourth-order valence-corrected chi connectivity index (χ4v) is 2.06. The topological polar surface area (TPSA) is 32.3 Å². The second kappa shape index (κ2) is 7.28. The van der Waals surface area contributed by atoms with Gasteiger partial charge < -0.3 is 10.4 Å². The first-order chi connectivity index (χ1) is 7.63. The van der Waals surface area contributed by atoms with Gasteiger partial charge >= 0.3 is 0 Å². The molecule has 0 heterocycles. The van der Waals surface area contributed by atoms with E-state index in [-0.39, 0.29) is 6.61 Å². The largest absolute Gasteiger partial charge is 0.396 e. The number of halogens is 2. The Kier molecular flexibility index (Phi) is 6.36. The summed E-state index contributed by atoms with van der Waals surface area (Å²) in [6.07, 6.45) is 1.81. The van der Waals surface area contributed by atoms with Crippen LogP contribution in [0.2, 0.25) is 5.02 Å². The molecule has 0 aliphatic heterocycles. The summed E-state index contributed by atoms with van der Waals surface area (Å²) in [6.45, 7) is 3.12. The Balaban J connectivity index is 2.44. The van der Waals surface area contributed by atoms with Gasteiger partial charge in [-0.15, -0.1) is 0 Å². The Morgan fingerprint density at radius 3 is 2.94 bits per heavy atom. The number of aliphatic hydroxyl groups is 1. The molecule has 0 saturated carbocycles. The number of hydrogen-bond donors (Lipinski definition) is 2. The Bertz CT molecular complexity index is 333. The third-order valence-electron chi connectivity index (χ3n) is 2.44. The van der Waals surface area contributed by atoms with Crippen molar-refractivity contribution in [3.05, 3.63) is 33.3 Å². The molecule has 1 aromatic carbocycles. The van der Waals surface area contributed by atoms with Gasteiger partial charge in [0.2, 0.25) is 0 Å². The summed E-state index contributed by atoms with van der Waals surface area (Å²) >= 11 is 9.51. The Morgan fingerprint density at radius 1 is 1.50 bits per heavy atom. The number of nitrogens with one attached hydrogen (secondary N) is 1. The highest BCUT2D eigenvalue weighted by Crippen LogP contribution is 2.20. The Labute approximate surface area is 110 Å². The molecular weight excluding hydrogens is 289 g/mol. The summed E-state index contributed by atoms with van der Waals surface area (Å²) < 4.78 is 1.04. The van der Waals surface area contributed by atoms with Crippen LogP contribution in [0.25, 0.3) is 0 Å². The number of benzene rings is 1. The van der Waals surface area contributed by atoms with Crippen LogP contribution in [0.15, 0.2) is 22.7 Å². The van der Waals surface area contributed by atoms with E-state index in [2.05, 4.69) is 28.2 Å². The van der Waals surface area contributed by atoms with E-state index in [1.165, 1.54) is 0 Å². The first kappa shape index (κ1) is 14.0. The SMILES string of the molecule is C[C@H](CCCO)NCc1cc(Br)ccc1Cl. The molecule has 2 nitrogen and oxygen atoms in total. The normalized spacial score (nSPS) is 12.8. The zero-order chi connectivity index (χ0) is 12.0. The Morgan fingerprint density at radius 2 is 2.25 bits per heavy atom. The van der Waals surface area contributed by atoms with Crippen LogP contribution in [0.1, 0.15) is 25.3 Å². The molecule has 0 radical (unpaired) electrons. The lowest BCUT2D eigenvalue weighted by Crippen LogP contribution is -2.25. The molecule has 4 heteroatoms. The summed E-state index contributed by atoms with van der Waals surface area (Å²) in [5, 5.41) is 12.9. The lowest BCUT2D eigenvalue weighted by molar-refractivity contribution is 0.276. The molecule has 0 aliphatic rings. The molecule has 0 amide bonds. The van der Waals surface area contributed by atoms with E-state index in [9.17, 15) is 0 Å². The lowest BCUT2D eigenvalue weighted by Gasteiger charge is -2.14. The zero-order valence-electron chi connectivity index (χ0n) is 9.34. The lowest BCUT2D eigenvalue weighted by atomic mass is 10.1. The molecule has 0 fully saturated rings. The first-order valence-electron chi connectivity index (χ1n) is 5.41. The second-order valence-electron chi connectivity index (χ2n) is 3.88. The maximum absolute atomic E-state index is 8.73. The van der Waals surface area contributed by atoms with Crippen molar-refractivity contribution >= 4 is 27.5 Å². The molecule has 1 atom stereocenters. The van der Waals surface area contributed by atoms with Gasteiger partial charge in [0.15, 0.2) is 0 Å². The molecule has 0 bridgehead atoms. The van der Waals surface area contributed by atoms with Gasteiger partial charge in [0.05, 0.1) is 0 Å². The molecule has 0 saturated heterocycles. The van der Waals surface area contributed by atoms with E-state index in [0.717, 1.165) is 34.4 Å². The van der Waals surface area contributed by atoms with Gasteiger partial charge in [-0.3, -0.25) is 0 Å². The van der Waals surface area contributed by atoms with Crippen molar-refractivity contribution in [3.63, 3.8) is 0 Å². The standard InChI is InChI=1S/C12H17BrClNO/c1-9(3-2-6-16)15-8-10-7-11(13)4-5-12(10)14/h4-5,7,9,15-16H,2-3,6,8H2,1H3/t9-/m1/s1. The summed E-state index contributed by atoms with van der Waals surface area (Å²) in [5.41, 5.74) is 1.09. The monoisotopic (exact) mass is 305 g/mol. The minimum Gasteiger partial charge on any atom is -0.396 e. The van der Waals surface area contributed by atoms with Gasteiger partial charge in [0, 0.05) is 28.7 Å². The van der Waals surface area contributed by atoms with Crippen LogP contribution >= 0.6 is 27.5 Å². The highest BCUT2D eigenvalue weighted by Gasteiger charge is 2.04. The van der Waals surface area contributed by atoms with Gasteiger partial charge in [-0.25, -0.2) is 0 Å². The third kappa shape index (κ3) is 4.83. The fourth-order valence-electron chi connectivity index (χ4n) is 1.46. The molecule has 0 unspecified atom stereocenters. The third-order valence-corrected chi connectivity index (χ3v) is 3.31. The molecule has 1 aromatic rings. The van der Waals surface area contributed by atoms with Crippen LogP contribution in [0, 0.1) is 0 Å². The van der Waals surface area contributed by atoms with Crippen LogP contribution < -0.4 is 5.32 Å². The maximum atomic E-state index is 8.73. The van der Waals surface area contributed by atoms with Gasteiger partial charge in [-0.1, -0.05) is 27.5 Å². The van der Waals surface area contributed by atoms with Crippen molar-refractivity contribution < 1.29 is 5.11 Å². The van der Waals surface area contributed by atoms with Gasteiger partial charge in [-0.05, 0) is 43.5 Å². The minimum absolute atomic E-state index is 0.254. The van der Waals surface area contributed by atoms with E-state index < -0.39 is 0 Å². The summed E-state index contributed by atoms with van der Waals surface area (Å²) in [7, 11) is 0. The predicted octanol–water partition coefficient (Wildman–Crippen LogP) is 3.35. The molecule has 0 aromatic heterocycles. The summed E-state index contributed by atoms with van der Waals surface area (Å²) in [5.74, 6) is 0.